The Morgan fingerprint density at radius 3 is 3.08 bits per heavy atom. The quantitative estimate of drug-likeness (QED) is 0.745. The molecule has 4 heterocycles. The van der Waals surface area contributed by atoms with Crippen LogP contribution in [0.1, 0.15) is 27.7 Å². The average molecular weight is 371 g/mol. The van der Waals surface area contributed by atoms with Crippen molar-refractivity contribution in [3.8, 4) is 0 Å². The zero-order valence-corrected chi connectivity index (χ0v) is 15.4. The summed E-state index contributed by atoms with van der Waals surface area (Å²) in [5.74, 6) is 2.02. The Kier molecular flexibility index (Phi) is 4.85. The van der Waals surface area contributed by atoms with Crippen molar-refractivity contribution in [2.75, 3.05) is 13.1 Å². The molecule has 3 aromatic heterocycles. The van der Waals surface area contributed by atoms with Crippen LogP contribution in [0.2, 0.25) is 0 Å². The van der Waals surface area contributed by atoms with Gasteiger partial charge in [-0.3, -0.25) is 14.4 Å². The van der Waals surface area contributed by atoms with Crippen LogP contribution in [0.3, 0.4) is 0 Å². The summed E-state index contributed by atoms with van der Waals surface area (Å²) in [6, 6.07) is 6.07. The minimum atomic E-state index is -0.121. The van der Waals surface area contributed by atoms with Crippen molar-refractivity contribution in [3.05, 3.63) is 58.2 Å². The molecule has 1 unspecified atom stereocenters. The molecule has 0 bridgehead atoms. The third-order valence-electron chi connectivity index (χ3n) is 4.53. The summed E-state index contributed by atoms with van der Waals surface area (Å²) in [6.45, 7) is 5.75. The van der Waals surface area contributed by atoms with Crippen molar-refractivity contribution < 1.29 is 9.21 Å². The molecule has 8 heteroatoms. The number of aryl methyl sites for hydroxylation is 1. The number of rotatable bonds is 5. The van der Waals surface area contributed by atoms with E-state index in [4.69, 9.17) is 4.42 Å². The summed E-state index contributed by atoms with van der Waals surface area (Å²) in [5, 5.41) is 9.20. The van der Waals surface area contributed by atoms with Crippen LogP contribution in [0.25, 0.3) is 0 Å². The van der Waals surface area contributed by atoms with Crippen LogP contribution in [0.5, 0.6) is 0 Å². The molecule has 0 aliphatic carbocycles. The van der Waals surface area contributed by atoms with Crippen LogP contribution >= 0.6 is 11.3 Å². The molecular weight excluding hydrogens is 350 g/mol. The number of aromatic nitrogens is 3. The van der Waals surface area contributed by atoms with E-state index in [1.807, 2.05) is 29.9 Å². The van der Waals surface area contributed by atoms with Gasteiger partial charge in [0.1, 0.15) is 17.2 Å². The van der Waals surface area contributed by atoms with Gasteiger partial charge in [-0.15, -0.1) is 11.3 Å². The number of carbonyl (C=O) groups is 1. The van der Waals surface area contributed by atoms with Gasteiger partial charge in [-0.25, -0.2) is 4.98 Å². The van der Waals surface area contributed by atoms with Crippen LogP contribution in [-0.2, 0) is 19.6 Å². The smallest absolute Gasteiger partial charge is 0.270 e. The summed E-state index contributed by atoms with van der Waals surface area (Å²) in [5.41, 5.74) is 3.33. The Bertz CT molecular complexity index is 870. The lowest BCUT2D eigenvalue weighted by molar-refractivity contribution is 0.0935. The molecule has 1 N–H and O–H groups in total. The van der Waals surface area contributed by atoms with Gasteiger partial charge < -0.3 is 9.73 Å². The molecule has 0 aromatic carbocycles. The highest BCUT2D eigenvalue weighted by molar-refractivity contribution is 7.07. The molecule has 0 fully saturated rings. The molecule has 3 aromatic rings. The van der Waals surface area contributed by atoms with E-state index >= 15 is 0 Å². The predicted octanol–water partition coefficient (Wildman–Crippen LogP) is 2.30. The third-order valence-corrected chi connectivity index (χ3v) is 5.12. The second kappa shape index (κ2) is 7.43. The fourth-order valence-corrected chi connectivity index (χ4v) is 3.84. The number of furan rings is 1. The van der Waals surface area contributed by atoms with Crippen molar-refractivity contribution in [3.63, 3.8) is 0 Å². The van der Waals surface area contributed by atoms with E-state index in [-0.39, 0.29) is 11.8 Å². The monoisotopic (exact) mass is 371 g/mol. The zero-order chi connectivity index (χ0) is 17.9. The number of nitrogens with zero attached hydrogens (tertiary/aromatic N) is 4. The van der Waals surface area contributed by atoms with Gasteiger partial charge in [0.25, 0.3) is 5.91 Å². The highest BCUT2D eigenvalue weighted by atomic mass is 32.1. The average Bonchev–Trinajstić information content (AvgIpc) is 3.35. The highest BCUT2D eigenvalue weighted by Gasteiger charge is 2.24. The zero-order valence-electron chi connectivity index (χ0n) is 14.6. The molecule has 0 radical (unpaired) electrons. The van der Waals surface area contributed by atoms with Crippen molar-refractivity contribution in [2.24, 2.45) is 5.92 Å². The molecule has 1 atom stereocenters. The number of amides is 1. The maximum absolute atomic E-state index is 12.2. The van der Waals surface area contributed by atoms with Gasteiger partial charge in [-0.1, -0.05) is 0 Å². The van der Waals surface area contributed by atoms with Gasteiger partial charge >= 0.3 is 0 Å². The lowest BCUT2D eigenvalue weighted by Crippen LogP contribution is -2.36. The van der Waals surface area contributed by atoms with E-state index in [1.165, 1.54) is 17.0 Å². The number of hydrogen-bond acceptors (Lipinski definition) is 6. The Morgan fingerprint density at radius 1 is 1.38 bits per heavy atom. The molecule has 1 aliphatic rings. The number of fused-ring (bicyclic) bond motifs is 1. The van der Waals surface area contributed by atoms with Crippen LogP contribution in [-0.4, -0.2) is 38.7 Å². The molecule has 26 heavy (non-hydrogen) atoms. The number of nitrogens with one attached hydrogen (secondary N) is 1. The third kappa shape index (κ3) is 3.86. The van der Waals surface area contributed by atoms with Crippen molar-refractivity contribution in [1.82, 2.24) is 25.0 Å². The van der Waals surface area contributed by atoms with E-state index in [1.54, 1.807) is 10.9 Å². The first-order valence-corrected chi connectivity index (χ1v) is 9.56. The molecule has 1 amide bonds. The van der Waals surface area contributed by atoms with Gasteiger partial charge in [0, 0.05) is 43.7 Å². The maximum Gasteiger partial charge on any atom is 0.270 e. The predicted molar refractivity (Wildman–Crippen MR) is 97.7 cm³/mol. The first-order valence-electron chi connectivity index (χ1n) is 8.62. The molecule has 136 valence electrons. The number of thiazole rings is 1. The normalized spacial score (nSPS) is 17.7. The van der Waals surface area contributed by atoms with Crippen molar-refractivity contribution in [1.29, 1.82) is 0 Å². The van der Waals surface area contributed by atoms with Crippen LogP contribution in [0.4, 0.5) is 0 Å². The number of carbonyl (C=O) groups excluding carboxylic acids is 1. The summed E-state index contributed by atoms with van der Waals surface area (Å²) >= 11 is 1.42. The Morgan fingerprint density at radius 2 is 2.31 bits per heavy atom. The van der Waals surface area contributed by atoms with Gasteiger partial charge in [0.15, 0.2) is 0 Å². The van der Waals surface area contributed by atoms with Gasteiger partial charge in [-0.05, 0) is 25.1 Å². The van der Waals surface area contributed by atoms with E-state index < -0.39 is 0 Å². The standard InChI is InChI=1S/C18H21N5O2S/c1-13-2-3-16(25-13)10-22-7-14(8-23-15(9-22)4-5-21-23)6-19-18(24)17-11-26-12-20-17/h2-5,11-12,14H,6-10H2,1H3,(H,19,24). The van der Waals surface area contributed by atoms with E-state index in [9.17, 15) is 4.79 Å². The summed E-state index contributed by atoms with van der Waals surface area (Å²) in [4.78, 5) is 18.6. The minimum Gasteiger partial charge on any atom is -0.465 e. The van der Waals surface area contributed by atoms with E-state index in [2.05, 4.69) is 26.4 Å². The Balaban J connectivity index is 1.44. The van der Waals surface area contributed by atoms with Crippen molar-refractivity contribution >= 4 is 17.2 Å². The fraction of sp³-hybridized carbons (Fsp3) is 0.389. The largest absolute Gasteiger partial charge is 0.465 e. The van der Waals surface area contributed by atoms with Gasteiger partial charge in [0.05, 0.1) is 17.7 Å². The Hall–Kier alpha value is -2.45. The molecular formula is C18H21N5O2S. The highest BCUT2D eigenvalue weighted by Crippen LogP contribution is 2.19. The lowest BCUT2D eigenvalue weighted by Gasteiger charge is -2.23. The summed E-state index contributed by atoms with van der Waals surface area (Å²) < 4.78 is 7.77. The molecule has 4 rings (SSSR count). The molecule has 0 saturated carbocycles. The minimum absolute atomic E-state index is 0.121. The maximum atomic E-state index is 12.2. The van der Waals surface area contributed by atoms with Crippen LogP contribution in [0, 0.1) is 12.8 Å². The first kappa shape index (κ1) is 17.0. The second-order valence-corrected chi connectivity index (χ2v) is 7.36. The van der Waals surface area contributed by atoms with Crippen molar-refractivity contribution in [2.45, 2.75) is 26.6 Å². The van der Waals surface area contributed by atoms with E-state index in [0.717, 1.165) is 37.7 Å². The van der Waals surface area contributed by atoms with E-state index in [0.29, 0.717) is 12.2 Å². The Labute approximate surface area is 155 Å². The van der Waals surface area contributed by atoms with Gasteiger partial charge in [0.2, 0.25) is 0 Å². The second-order valence-electron chi connectivity index (χ2n) is 6.64. The number of hydrogen-bond donors (Lipinski definition) is 1. The molecule has 7 nitrogen and oxygen atoms in total. The fourth-order valence-electron chi connectivity index (χ4n) is 3.31. The van der Waals surface area contributed by atoms with Gasteiger partial charge in [-0.2, -0.15) is 5.10 Å². The summed E-state index contributed by atoms with van der Waals surface area (Å²) in [6.07, 6.45) is 1.83. The SMILES string of the molecule is Cc1ccc(CN2Cc3ccnn3CC(CNC(=O)c3cscn3)C2)o1. The topological polar surface area (TPSA) is 76.2 Å². The first-order chi connectivity index (χ1) is 12.7. The van der Waals surface area contributed by atoms with Crippen LogP contribution < -0.4 is 5.32 Å². The van der Waals surface area contributed by atoms with Crippen LogP contribution in [0.15, 0.2) is 39.7 Å². The molecule has 0 saturated heterocycles. The lowest BCUT2D eigenvalue weighted by atomic mass is 10.1. The molecule has 1 aliphatic heterocycles. The summed E-state index contributed by atoms with van der Waals surface area (Å²) in [7, 11) is 0. The molecule has 0 spiro atoms.